The molecule has 10 nitrogen and oxygen atoms in total. The van der Waals surface area contributed by atoms with E-state index < -0.39 is 58.3 Å². The highest BCUT2D eigenvalue weighted by atomic mass is 16.5. The summed E-state index contributed by atoms with van der Waals surface area (Å²) >= 11 is 0. The molecule has 0 saturated heterocycles. The first-order chi connectivity index (χ1) is 17.0. The third kappa shape index (κ3) is 2.78. The number of carbonyl (C=O) groups excluding carboxylic acids is 2. The number of methoxy groups -OCH3 is 1. The molecule has 0 aromatic heterocycles. The van der Waals surface area contributed by atoms with Crippen LogP contribution in [0.1, 0.15) is 64.5 Å². The Morgan fingerprint density at radius 1 is 0.889 bits per heavy atom. The lowest BCUT2D eigenvalue weighted by Crippen LogP contribution is -2.24. The van der Waals surface area contributed by atoms with Crippen LogP contribution >= 0.6 is 0 Å². The summed E-state index contributed by atoms with van der Waals surface area (Å²) in [4.78, 5) is 39.0. The van der Waals surface area contributed by atoms with Gasteiger partial charge in [0.1, 0.15) is 34.3 Å². The number of rotatable bonds is 3. The van der Waals surface area contributed by atoms with Gasteiger partial charge in [0, 0.05) is 27.8 Å². The molecule has 3 aromatic rings. The van der Waals surface area contributed by atoms with Crippen molar-refractivity contribution in [3.8, 4) is 39.9 Å². The molecule has 6 N–H and O–H groups in total. The Morgan fingerprint density at radius 2 is 1.58 bits per heavy atom. The molecular weight excluding hydrogens is 472 g/mol. The van der Waals surface area contributed by atoms with Gasteiger partial charge in [0.15, 0.2) is 5.78 Å². The number of hydrogen-bond donors (Lipinski definition) is 6. The van der Waals surface area contributed by atoms with E-state index >= 15 is 0 Å². The number of aromatic carboxylic acids is 1. The molecule has 0 bridgehead atoms. The molecule has 0 saturated carbocycles. The van der Waals surface area contributed by atoms with Crippen LogP contribution in [0, 0.1) is 6.92 Å². The maximum absolute atomic E-state index is 13.6. The molecule has 0 atom stereocenters. The maximum Gasteiger partial charge on any atom is 0.339 e. The average Bonchev–Trinajstić information content (AvgIpc) is 2.84. The number of hydrogen-bond acceptors (Lipinski definition) is 9. The van der Waals surface area contributed by atoms with Crippen LogP contribution in [0.5, 0.6) is 28.7 Å². The molecule has 0 heterocycles. The van der Waals surface area contributed by atoms with Crippen LogP contribution in [-0.4, -0.2) is 55.3 Å². The van der Waals surface area contributed by atoms with Crippen molar-refractivity contribution in [1.29, 1.82) is 0 Å². The molecule has 0 unspecified atom stereocenters. The minimum atomic E-state index is -1.50. The van der Waals surface area contributed by atoms with Gasteiger partial charge in [-0.3, -0.25) is 9.59 Å². The van der Waals surface area contributed by atoms with E-state index in [2.05, 4.69) is 0 Å². The van der Waals surface area contributed by atoms with E-state index in [0.29, 0.717) is 5.56 Å². The monoisotopic (exact) mass is 492 g/mol. The van der Waals surface area contributed by atoms with Crippen LogP contribution in [0.4, 0.5) is 0 Å². The molecule has 3 aromatic carbocycles. The van der Waals surface area contributed by atoms with Gasteiger partial charge in [-0.1, -0.05) is 6.07 Å². The van der Waals surface area contributed by atoms with Crippen molar-refractivity contribution in [2.75, 3.05) is 7.11 Å². The van der Waals surface area contributed by atoms with Gasteiger partial charge in [-0.05, 0) is 37.0 Å². The molecule has 0 fully saturated rings. The normalized spacial score (nSPS) is 13.5. The summed E-state index contributed by atoms with van der Waals surface area (Å²) in [6, 6.07) is 2.44. The quantitative estimate of drug-likeness (QED) is 0.249. The van der Waals surface area contributed by atoms with Crippen molar-refractivity contribution in [3.63, 3.8) is 0 Å². The highest BCUT2D eigenvalue weighted by Gasteiger charge is 2.42. The number of fused-ring (bicyclic) bond motifs is 5. The fraction of sp³-hybridized carbons (Fsp3) is 0.192. The number of aliphatic hydroxyl groups excluding tert-OH is 1. The number of benzene rings is 3. The molecule has 10 heteroatoms. The van der Waals surface area contributed by atoms with Crippen molar-refractivity contribution in [2.45, 2.75) is 26.4 Å². The number of aryl methyl sites for hydroxylation is 1. The molecule has 184 valence electrons. The smallest absolute Gasteiger partial charge is 0.339 e. The second-order valence-electron chi connectivity index (χ2n) is 8.69. The van der Waals surface area contributed by atoms with Crippen molar-refractivity contribution < 1.29 is 49.8 Å². The molecule has 0 amide bonds. The Balaban J connectivity index is 1.91. The van der Waals surface area contributed by atoms with Crippen LogP contribution in [0.25, 0.3) is 11.1 Å². The fourth-order valence-electron chi connectivity index (χ4n) is 5.24. The van der Waals surface area contributed by atoms with Gasteiger partial charge in [-0.2, -0.15) is 0 Å². The zero-order valence-electron chi connectivity index (χ0n) is 19.1. The van der Waals surface area contributed by atoms with E-state index in [-0.39, 0.29) is 63.1 Å². The topological polar surface area (TPSA) is 182 Å². The maximum atomic E-state index is 13.6. The molecule has 0 aliphatic heterocycles. The Kier molecular flexibility index (Phi) is 4.97. The highest BCUT2D eigenvalue weighted by Crippen LogP contribution is 2.54. The van der Waals surface area contributed by atoms with Crippen molar-refractivity contribution >= 4 is 17.5 Å². The van der Waals surface area contributed by atoms with Crippen LogP contribution in [-0.2, 0) is 19.4 Å². The van der Waals surface area contributed by atoms with Gasteiger partial charge in [-0.15, -0.1) is 0 Å². The fourth-order valence-corrected chi connectivity index (χ4v) is 5.24. The zero-order chi connectivity index (χ0) is 26.2. The number of carbonyl (C=O) groups is 3. The zero-order valence-corrected chi connectivity index (χ0v) is 19.1. The van der Waals surface area contributed by atoms with Crippen LogP contribution in [0.3, 0.4) is 0 Å². The number of carboxylic acids is 1. The van der Waals surface area contributed by atoms with Crippen molar-refractivity contribution in [1.82, 2.24) is 0 Å². The second kappa shape index (κ2) is 7.72. The minimum Gasteiger partial charge on any atom is -0.508 e. The predicted octanol–water partition coefficient (Wildman–Crippen LogP) is 2.56. The number of aromatic hydroxyl groups is 4. The molecule has 5 rings (SSSR count). The highest BCUT2D eigenvalue weighted by molar-refractivity contribution is 6.32. The van der Waals surface area contributed by atoms with E-state index in [4.69, 9.17) is 4.74 Å². The summed E-state index contributed by atoms with van der Waals surface area (Å²) in [5.41, 5.74) is -1.40. The minimum absolute atomic E-state index is 0.000707. The Labute approximate surface area is 203 Å². The van der Waals surface area contributed by atoms with Gasteiger partial charge in [-0.25, -0.2) is 4.79 Å². The molecule has 2 aliphatic carbocycles. The van der Waals surface area contributed by atoms with Crippen LogP contribution in [0.2, 0.25) is 0 Å². The first-order valence-electron chi connectivity index (χ1n) is 10.9. The lowest BCUT2D eigenvalue weighted by Gasteiger charge is -2.30. The van der Waals surface area contributed by atoms with Gasteiger partial charge in [0.25, 0.3) is 0 Å². The standard InChI is InChI=1S/C26H20O10/c1-8-13(28)6-12-17(20(8)29)24(33)19-18(21(12)30)23(32)16-11(25(19)36-2)4-3-9-5-10(7-27)15(26(34)35)22(31)14(9)16/h5-6,27-29,31-32H,3-4,7H2,1-2H3,(H,34,35). The van der Waals surface area contributed by atoms with Gasteiger partial charge in [0.05, 0.1) is 30.4 Å². The van der Waals surface area contributed by atoms with Crippen LogP contribution < -0.4 is 4.74 Å². The van der Waals surface area contributed by atoms with Gasteiger partial charge < -0.3 is 35.4 Å². The SMILES string of the molecule is COc1c2c(c(O)c3c1C(=O)c1c(cc(O)c(C)c1O)C3=O)-c1c(cc(CO)c(C(=O)O)c1O)CC2. The summed E-state index contributed by atoms with van der Waals surface area (Å²) < 4.78 is 5.52. The number of phenolic OH excluding ortho intramolecular Hbond substituents is 3. The number of phenols is 4. The second-order valence-corrected chi connectivity index (χ2v) is 8.69. The first-order valence-corrected chi connectivity index (χ1v) is 10.9. The number of aliphatic hydroxyl groups is 1. The third-order valence-corrected chi connectivity index (χ3v) is 6.93. The molecule has 0 spiro atoms. The largest absolute Gasteiger partial charge is 0.508 e. The van der Waals surface area contributed by atoms with E-state index in [1.165, 1.54) is 20.1 Å². The Morgan fingerprint density at radius 3 is 2.19 bits per heavy atom. The first kappa shape index (κ1) is 23.2. The van der Waals surface area contributed by atoms with Gasteiger partial charge >= 0.3 is 5.97 Å². The summed E-state index contributed by atoms with van der Waals surface area (Å²) in [6.45, 7) is 0.727. The number of carboxylic acid groups (broad SMARTS) is 1. The predicted molar refractivity (Wildman–Crippen MR) is 123 cm³/mol. The third-order valence-electron chi connectivity index (χ3n) is 6.93. The lowest BCUT2D eigenvalue weighted by molar-refractivity contribution is 0.0689. The summed E-state index contributed by atoms with van der Waals surface area (Å²) in [5, 5.41) is 62.3. The van der Waals surface area contributed by atoms with Crippen molar-refractivity contribution in [3.05, 3.63) is 62.2 Å². The van der Waals surface area contributed by atoms with E-state index in [0.717, 1.165) is 6.07 Å². The van der Waals surface area contributed by atoms with E-state index in [9.17, 15) is 45.0 Å². The molecular formula is C26H20O10. The lowest BCUT2D eigenvalue weighted by atomic mass is 9.74. The summed E-state index contributed by atoms with van der Waals surface area (Å²) in [5.74, 6) is -5.60. The number of ketones is 2. The van der Waals surface area contributed by atoms with Crippen LogP contribution in [0.15, 0.2) is 12.1 Å². The summed E-state index contributed by atoms with van der Waals surface area (Å²) in [7, 11) is 1.26. The Hall–Kier alpha value is -4.57. The average molecular weight is 492 g/mol. The van der Waals surface area contributed by atoms with E-state index in [1.807, 2.05) is 0 Å². The molecule has 0 radical (unpaired) electrons. The summed E-state index contributed by atoms with van der Waals surface area (Å²) in [6.07, 6.45) is 0.437. The molecule has 36 heavy (non-hydrogen) atoms. The van der Waals surface area contributed by atoms with E-state index in [1.54, 1.807) is 0 Å². The van der Waals surface area contributed by atoms with Crippen molar-refractivity contribution in [2.24, 2.45) is 0 Å². The molecule has 2 aliphatic rings. The van der Waals surface area contributed by atoms with Gasteiger partial charge in [0.2, 0.25) is 5.78 Å². The Bertz CT molecular complexity index is 1560. The number of ether oxygens (including phenoxy) is 1.